The lowest BCUT2D eigenvalue weighted by Crippen LogP contribution is -2.23. The molecule has 2 rings (SSSR count). The van der Waals surface area contributed by atoms with Gasteiger partial charge in [-0.05, 0) is 50.4 Å². The van der Waals surface area contributed by atoms with Crippen molar-refractivity contribution >= 4 is 0 Å². The maximum absolute atomic E-state index is 4.56. The van der Waals surface area contributed by atoms with Gasteiger partial charge in [-0.3, -0.25) is 4.68 Å². The van der Waals surface area contributed by atoms with E-state index in [1.165, 1.54) is 16.8 Å². The second-order valence-electron chi connectivity index (χ2n) is 6.29. The quantitative estimate of drug-likeness (QED) is 0.878. The zero-order chi connectivity index (χ0) is 15.4. The lowest BCUT2D eigenvalue weighted by molar-refractivity contribution is 0.460. The Balaban J connectivity index is 2.12. The summed E-state index contributed by atoms with van der Waals surface area (Å²) in [6.45, 7) is 9.52. The van der Waals surface area contributed by atoms with Crippen LogP contribution in [0.5, 0.6) is 0 Å². The van der Waals surface area contributed by atoms with Crippen molar-refractivity contribution in [2.45, 2.75) is 46.7 Å². The smallest absolute Gasteiger partial charge is 0.0607 e. The SMILES string of the molecule is CNC(Cn1nc(C)cc1C)c1ccc(CC(C)C)cc1. The molecule has 0 bridgehead atoms. The monoisotopic (exact) mass is 285 g/mol. The maximum Gasteiger partial charge on any atom is 0.0607 e. The van der Waals surface area contributed by atoms with E-state index in [9.17, 15) is 0 Å². The molecule has 2 aromatic rings. The first kappa shape index (κ1) is 15.8. The van der Waals surface area contributed by atoms with Crippen LogP contribution in [0, 0.1) is 19.8 Å². The standard InChI is InChI=1S/C18H27N3/c1-13(2)10-16-6-8-17(9-7-16)18(19-5)12-21-15(4)11-14(3)20-21/h6-9,11,13,18-19H,10,12H2,1-5H3. The van der Waals surface area contributed by atoms with E-state index in [2.05, 4.69) is 66.2 Å². The molecule has 1 unspecified atom stereocenters. The average Bonchev–Trinajstić information content (AvgIpc) is 2.74. The maximum atomic E-state index is 4.56. The first-order chi connectivity index (χ1) is 9.99. The molecule has 0 fully saturated rings. The molecule has 0 spiro atoms. The van der Waals surface area contributed by atoms with E-state index in [0.29, 0.717) is 5.92 Å². The molecule has 0 saturated carbocycles. The molecule has 1 N–H and O–H groups in total. The summed E-state index contributed by atoms with van der Waals surface area (Å²) in [7, 11) is 2.01. The molecule has 0 aliphatic heterocycles. The Labute approximate surface area is 128 Å². The molecule has 1 aromatic heterocycles. The van der Waals surface area contributed by atoms with Crippen LogP contribution < -0.4 is 5.32 Å². The third kappa shape index (κ3) is 4.18. The molecule has 1 aromatic carbocycles. The van der Waals surface area contributed by atoms with Crippen LogP contribution in [0.1, 0.15) is 42.4 Å². The number of nitrogens with zero attached hydrogens (tertiary/aromatic N) is 2. The van der Waals surface area contributed by atoms with Crippen molar-refractivity contribution in [3.63, 3.8) is 0 Å². The van der Waals surface area contributed by atoms with Crippen LogP contribution in [-0.2, 0) is 13.0 Å². The normalized spacial score (nSPS) is 12.9. The summed E-state index contributed by atoms with van der Waals surface area (Å²) in [5, 5.41) is 7.96. The highest BCUT2D eigenvalue weighted by Crippen LogP contribution is 2.18. The zero-order valence-electron chi connectivity index (χ0n) is 13.9. The van der Waals surface area contributed by atoms with Gasteiger partial charge < -0.3 is 5.32 Å². The molecular formula is C18H27N3. The average molecular weight is 285 g/mol. The van der Waals surface area contributed by atoms with Gasteiger partial charge in [0.2, 0.25) is 0 Å². The van der Waals surface area contributed by atoms with Crippen molar-refractivity contribution in [2.75, 3.05) is 7.05 Å². The molecular weight excluding hydrogens is 258 g/mol. The van der Waals surface area contributed by atoms with E-state index in [-0.39, 0.29) is 6.04 Å². The number of likely N-dealkylation sites (N-methyl/N-ethyl adjacent to an activating group) is 1. The fraction of sp³-hybridized carbons (Fsp3) is 0.500. The molecule has 0 aliphatic carbocycles. The van der Waals surface area contributed by atoms with Crippen LogP contribution in [-0.4, -0.2) is 16.8 Å². The zero-order valence-corrected chi connectivity index (χ0v) is 13.9. The van der Waals surface area contributed by atoms with Gasteiger partial charge in [-0.25, -0.2) is 0 Å². The van der Waals surface area contributed by atoms with Gasteiger partial charge in [-0.2, -0.15) is 5.10 Å². The third-order valence-electron chi connectivity index (χ3n) is 3.83. The van der Waals surface area contributed by atoms with Crippen LogP contribution >= 0.6 is 0 Å². The number of nitrogens with one attached hydrogen (secondary N) is 1. The number of hydrogen-bond acceptors (Lipinski definition) is 2. The Morgan fingerprint density at radius 2 is 1.81 bits per heavy atom. The summed E-state index contributed by atoms with van der Waals surface area (Å²) in [6, 6.07) is 11.4. The summed E-state index contributed by atoms with van der Waals surface area (Å²) in [6.07, 6.45) is 1.14. The molecule has 3 heteroatoms. The number of aromatic nitrogens is 2. The van der Waals surface area contributed by atoms with Crippen LogP contribution in [0.4, 0.5) is 0 Å². The van der Waals surface area contributed by atoms with E-state index in [1.54, 1.807) is 0 Å². The molecule has 114 valence electrons. The summed E-state index contributed by atoms with van der Waals surface area (Å²) in [4.78, 5) is 0. The highest BCUT2D eigenvalue weighted by Gasteiger charge is 2.12. The lowest BCUT2D eigenvalue weighted by atomic mass is 9.99. The van der Waals surface area contributed by atoms with Gasteiger partial charge in [0.1, 0.15) is 0 Å². The van der Waals surface area contributed by atoms with Crippen LogP contribution in [0.25, 0.3) is 0 Å². The number of aryl methyl sites for hydroxylation is 2. The van der Waals surface area contributed by atoms with Gasteiger partial charge in [0, 0.05) is 5.69 Å². The predicted molar refractivity (Wildman–Crippen MR) is 88.5 cm³/mol. The molecule has 0 saturated heterocycles. The van der Waals surface area contributed by atoms with E-state index in [4.69, 9.17) is 0 Å². The van der Waals surface area contributed by atoms with Crippen LogP contribution in [0.15, 0.2) is 30.3 Å². The molecule has 0 aliphatic rings. The Hall–Kier alpha value is -1.61. The number of hydrogen-bond donors (Lipinski definition) is 1. The summed E-state index contributed by atoms with van der Waals surface area (Å²) in [5.74, 6) is 0.700. The van der Waals surface area contributed by atoms with E-state index < -0.39 is 0 Å². The van der Waals surface area contributed by atoms with Crippen molar-refractivity contribution < 1.29 is 0 Å². The number of rotatable bonds is 6. The molecule has 1 atom stereocenters. The van der Waals surface area contributed by atoms with Crippen LogP contribution in [0.2, 0.25) is 0 Å². The Bertz CT molecular complexity index is 567. The minimum Gasteiger partial charge on any atom is -0.311 e. The molecule has 3 nitrogen and oxygen atoms in total. The topological polar surface area (TPSA) is 29.9 Å². The minimum atomic E-state index is 0.288. The van der Waals surface area contributed by atoms with E-state index in [1.807, 2.05) is 14.0 Å². The van der Waals surface area contributed by atoms with Crippen molar-refractivity contribution in [3.05, 3.63) is 52.8 Å². The second kappa shape index (κ2) is 6.90. The highest BCUT2D eigenvalue weighted by atomic mass is 15.3. The summed E-state index contributed by atoms with van der Waals surface area (Å²) < 4.78 is 2.08. The second-order valence-corrected chi connectivity index (χ2v) is 6.29. The van der Waals surface area contributed by atoms with Gasteiger partial charge in [0.05, 0.1) is 18.3 Å². The van der Waals surface area contributed by atoms with Crippen LogP contribution in [0.3, 0.4) is 0 Å². The fourth-order valence-electron chi connectivity index (χ4n) is 2.75. The van der Waals surface area contributed by atoms with Crippen molar-refractivity contribution in [1.29, 1.82) is 0 Å². The van der Waals surface area contributed by atoms with E-state index in [0.717, 1.165) is 18.7 Å². The number of benzene rings is 1. The molecule has 0 radical (unpaired) electrons. The van der Waals surface area contributed by atoms with Gasteiger partial charge >= 0.3 is 0 Å². The predicted octanol–water partition coefficient (Wildman–Crippen LogP) is 3.66. The van der Waals surface area contributed by atoms with Gasteiger partial charge in [0.25, 0.3) is 0 Å². The van der Waals surface area contributed by atoms with Crippen molar-refractivity contribution in [3.8, 4) is 0 Å². The largest absolute Gasteiger partial charge is 0.311 e. The molecule has 0 amide bonds. The first-order valence-corrected chi connectivity index (χ1v) is 7.76. The molecule has 21 heavy (non-hydrogen) atoms. The summed E-state index contributed by atoms with van der Waals surface area (Å²) in [5.41, 5.74) is 5.02. The fourth-order valence-corrected chi connectivity index (χ4v) is 2.75. The minimum absolute atomic E-state index is 0.288. The van der Waals surface area contributed by atoms with Gasteiger partial charge in [-0.15, -0.1) is 0 Å². The summed E-state index contributed by atoms with van der Waals surface area (Å²) >= 11 is 0. The highest BCUT2D eigenvalue weighted by molar-refractivity contribution is 5.25. The van der Waals surface area contributed by atoms with Crippen molar-refractivity contribution in [2.24, 2.45) is 5.92 Å². The Kier molecular flexibility index (Phi) is 5.18. The Morgan fingerprint density at radius 1 is 1.14 bits per heavy atom. The van der Waals surface area contributed by atoms with E-state index >= 15 is 0 Å². The van der Waals surface area contributed by atoms with Gasteiger partial charge in [0.15, 0.2) is 0 Å². The molecule has 1 heterocycles. The van der Waals surface area contributed by atoms with Gasteiger partial charge in [-0.1, -0.05) is 38.1 Å². The van der Waals surface area contributed by atoms with Crippen molar-refractivity contribution in [1.82, 2.24) is 15.1 Å². The Morgan fingerprint density at radius 3 is 2.29 bits per heavy atom. The first-order valence-electron chi connectivity index (χ1n) is 7.76. The third-order valence-corrected chi connectivity index (χ3v) is 3.83. The lowest BCUT2D eigenvalue weighted by Gasteiger charge is -2.18.